The van der Waals surface area contributed by atoms with Crippen molar-refractivity contribution in [1.29, 1.82) is 0 Å². The molecule has 1 saturated heterocycles. The van der Waals surface area contributed by atoms with Crippen LogP contribution < -0.4 is 9.80 Å². The highest BCUT2D eigenvalue weighted by Gasteiger charge is 2.24. The minimum Gasteiger partial charge on any atom is -0.353 e. The van der Waals surface area contributed by atoms with Gasteiger partial charge in [0.15, 0.2) is 0 Å². The zero-order valence-electron chi connectivity index (χ0n) is 13.6. The lowest BCUT2D eigenvalue weighted by Gasteiger charge is -2.37. The summed E-state index contributed by atoms with van der Waals surface area (Å²) in [6.45, 7) is 5.83. The lowest BCUT2D eigenvalue weighted by atomic mass is 9.96. The second-order valence-electron chi connectivity index (χ2n) is 6.27. The first-order chi connectivity index (χ1) is 11.3. The van der Waals surface area contributed by atoms with Crippen LogP contribution in [-0.2, 0) is 12.8 Å². The average Bonchev–Trinajstić information content (AvgIpc) is 2.61. The molecular weight excluding hydrogens is 288 g/mol. The van der Waals surface area contributed by atoms with Crippen molar-refractivity contribution in [2.24, 2.45) is 0 Å². The fraction of sp³-hybridized carbons (Fsp3) is 0.529. The summed E-state index contributed by atoms with van der Waals surface area (Å²) in [4.78, 5) is 22.5. The molecule has 2 aliphatic rings. The van der Waals surface area contributed by atoms with Crippen LogP contribution in [0.25, 0.3) is 0 Å². The fourth-order valence-corrected chi connectivity index (χ4v) is 3.54. The molecule has 1 aliphatic carbocycles. The van der Waals surface area contributed by atoms with Crippen molar-refractivity contribution < 1.29 is 0 Å². The summed E-state index contributed by atoms with van der Waals surface area (Å²) in [5, 5.41) is 0. The van der Waals surface area contributed by atoms with E-state index in [0.717, 1.165) is 56.5 Å². The standard InChI is InChI=1S/C17H22N6/c1-13-18-7-6-16(21-13)22-8-10-23(11-9-22)17-14-4-2-3-5-15(14)19-12-20-17/h6-7,12H,2-5,8-11H2,1H3. The van der Waals surface area contributed by atoms with Crippen molar-refractivity contribution in [3.8, 4) is 0 Å². The predicted octanol–water partition coefficient (Wildman–Crippen LogP) is 1.78. The van der Waals surface area contributed by atoms with Crippen LogP contribution in [0.15, 0.2) is 18.6 Å². The summed E-state index contributed by atoms with van der Waals surface area (Å²) < 4.78 is 0. The van der Waals surface area contributed by atoms with E-state index in [-0.39, 0.29) is 0 Å². The number of aryl methyl sites for hydroxylation is 2. The minimum atomic E-state index is 0.829. The summed E-state index contributed by atoms with van der Waals surface area (Å²) >= 11 is 0. The Morgan fingerprint density at radius 1 is 0.913 bits per heavy atom. The zero-order chi connectivity index (χ0) is 15.6. The van der Waals surface area contributed by atoms with E-state index < -0.39 is 0 Å². The Hall–Kier alpha value is -2.24. The van der Waals surface area contributed by atoms with E-state index in [9.17, 15) is 0 Å². The van der Waals surface area contributed by atoms with Gasteiger partial charge < -0.3 is 9.80 Å². The Bertz CT molecular complexity index is 693. The molecule has 3 heterocycles. The highest BCUT2D eigenvalue weighted by atomic mass is 15.3. The molecule has 0 spiro atoms. The van der Waals surface area contributed by atoms with Gasteiger partial charge in [0.1, 0.15) is 23.8 Å². The zero-order valence-corrected chi connectivity index (χ0v) is 13.6. The number of anilines is 2. The lowest BCUT2D eigenvalue weighted by molar-refractivity contribution is 0.619. The Morgan fingerprint density at radius 3 is 2.52 bits per heavy atom. The number of fused-ring (bicyclic) bond motifs is 1. The molecule has 120 valence electrons. The van der Waals surface area contributed by atoms with E-state index in [0.29, 0.717) is 0 Å². The number of rotatable bonds is 2. The van der Waals surface area contributed by atoms with Gasteiger partial charge in [-0.05, 0) is 38.7 Å². The highest BCUT2D eigenvalue weighted by Crippen LogP contribution is 2.28. The van der Waals surface area contributed by atoms with E-state index in [1.54, 1.807) is 6.33 Å². The van der Waals surface area contributed by atoms with Crippen LogP contribution in [0.3, 0.4) is 0 Å². The van der Waals surface area contributed by atoms with Gasteiger partial charge in [-0.1, -0.05) is 0 Å². The van der Waals surface area contributed by atoms with E-state index in [2.05, 4.69) is 29.7 Å². The number of nitrogens with zero attached hydrogens (tertiary/aromatic N) is 6. The smallest absolute Gasteiger partial charge is 0.135 e. The van der Waals surface area contributed by atoms with Crippen LogP contribution in [-0.4, -0.2) is 46.1 Å². The maximum absolute atomic E-state index is 4.60. The quantitative estimate of drug-likeness (QED) is 0.843. The van der Waals surface area contributed by atoms with E-state index >= 15 is 0 Å². The van der Waals surface area contributed by atoms with E-state index in [1.807, 2.05) is 19.2 Å². The van der Waals surface area contributed by atoms with Crippen molar-refractivity contribution in [2.75, 3.05) is 36.0 Å². The van der Waals surface area contributed by atoms with Crippen molar-refractivity contribution in [1.82, 2.24) is 19.9 Å². The molecule has 0 amide bonds. The largest absolute Gasteiger partial charge is 0.353 e. The fourth-order valence-electron chi connectivity index (χ4n) is 3.54. The number of piperazine rings is 1. The summed E-state index contributed by atoms with van der Waals surface area (Å²) in [7, 11) is 0. The molecule has 1 aliphatic heterocycles. The van der Waals surface area contributed by atoms with Gasteiger partial charge in [0.25, 0.3) is 0 Å². The molecule has 0 unspecified atom stereocenters. The summed E-state index contributed by atoms with van der Waals surface area (Å²) in [5.41, 5.74) is 2.64. The molecule has 0 bridgehead atoms. The highest BCUT2D eigenvalue weighted by molar-refractivity contribution is 5.51. The van der Waals surface area contributed by atoms with Gasteiger partial charge in [0.05, 0.1) is 0 Å². The summed E-state index contributed by atoms with van der Waals surface area (Å²) in [5.74, 6) is 3.02. The van der Waals surface area contributed by atoms with Crippen LogP contribution in [0, 0.1) is 6.92 Å². The van der Waals surface area contributed by atoms with E-state index in [4.69, 9.17) is 0 Å². The normalized spacial score (nSPS) is 18.0. The van der Waals surface area contributed by atoms with Crippen LogP contribution >= 0.6 is 0 Å². The van der Waals surface area contributed by atoms with Gasteiger partial charge in [0.2, 0.25) is 0 Å². The molecule has 2 aromatic rings. The first kappa shape index (κ1) is 14.4. The van der Waals surface area contributed by atoms with Crippen molar-refractivity contribution in [3.05, 3.63) is 35.7 Å². The van der Waals surface area contributed by atoms with Gasteiger partial charge in [-0.15, -0.1) is 0 Å². The number of hydrogen-bond acceptors (Lipinski definition) is 6. The van der Waals surface area contributed by atoms with Gasteiger partial charge >= 0.3 is 0 Å². The Balaban J connectivity index is 1.50. The average molecular weight is 310 g/mol. The third kappa shape index (κ3) is 2.85. The molecule has 1 fully saturated rings. The lowest BCUT2D eigenvalue weighted by Crippen LogP contribution is -2.47. The molecule has 6 nitrogen and oxygen atoms in total. The molecule has 2 aromatic heterocycles. The van der Waals surface area contributed by atoms with Gasteiger partial charge in [-0.25, -0.2) is 19.9 Å². The number of hydrogen-bond donors (Lipinski definition) is 0. The van der Waals surface area contributed by atoms with Crippen molar-refractivity contribution >= 4 is 11.6 Å². The van der Waals surface area contributed by atoms with Gasteiger partial charge in [-0.2, -0.15) is 0 Å². The maximum atomic E-state index is 4.60. The Labute approximate surface area is 136 Å². The van der Waals surface area contributed by atoms with Crippen LogP contribution in [0.5, 0.6) is 0 Å². The van der Waals surface area contributed by atoms with Crippen molar-refractivity contribution in [3.63, 3.8) is 0 Å². The topological polar surface area (TPSA) is 58.0 Å². The second-order valence-corrected chi connectivity index (χ2v) is 6.27. The summed E-state index contributed by atoms with van der Waals surface area (Å²) in [6, 6.07) is 2.00. The molecule has 23 heavy (non-hydrogen) atoms. The molecule has 0 atom stereocenters. The molecule has 6 heteroatoms. The summed E-state index contributed by atoms with van der Waals surface area (Å²) in [6.07, 6.45) is 8.31. The second kappa shape index (κ2) is 6.10. The van der Waals surface area contributed by atoms with Gasteiger partial charge in [-0.3, -0.25) is 0 Å². The molecular formula is C17H22N6. The van der Waals surface area contributed by atoms with Crippen molar-refractivity contribution in [2.45, 2.75) is 32.6 Å². The third-order valence-electron chi connectivity index (χ3n) is 4.77. The van der Waals surface area contributed by atoms with Crippen LogP contribution in [0.4, 0.5) is 11.6 Å². The molecule has 0 N–H and O–H groups in total. The predicted molar refractivity (Wildman–Crippen MR) is 89.9 cm³/mol. The maximum Gasteiger partial charge on any atom is 0.135 e. The third-order valence-corrected chi connectivity index (χ3v) is 4.77. The van der Waals surface area contributed by atoms with Crippen LogP contribution in [0.1, 0.15) is 29.9 Å². The Kier molecular flexibility index (Phi) is 3.81. The monoisotopic (exact) mass is 310 g/mol. The molecule has 0 saturated carbocycles. The molecule has 0 radical (unpaired) electrons. The number of aromatic nitrogens is 4. The van der Waals surface area contributed by atoms with Crippen LogP contribution in [0.2, 0.25) is 0 Å². The molecule has 4 rings (SSSR count). The first-order valence-corrected chi connectivity index (χ1v) is 8.43. The molecule has 0 aromatic carbocycles. The van der Waals surface area contributed by atoms with Gasteiger partial charge in [0, 0.05) is 43.6 Å². The minimum absolute atomic E-state index is 0.829. The SMILES string of the molecule is Cc1nccc(N2CCN(c3ncnc4c3CCCC4)CC2)n1. The Morgan fingerprint density at radius 2 is 1.70 bits per heavy atom. The first-order valence-electron chi connectivity index (χ1n) is 8.43. The van der Waals surface area contributed by atoms with E-state index in [1.165, 1.54) is 24.1 Å².